The number of hydrogen-bond acceptors (Lipinski definition) is 5. The van der Waals surface area contributed by atoms with E-state index in [0.29, 0.717) is 20.4 Å². The summed E-state index contributed by atoms with van der Waals surface area (Å²) >= 11 is 7.08. The van der Waals surface area contributed by atoms with E-state index in [2.05, 4.69) is 27.8 Å². The molecular formula is C22H27ClN2O3S2. The highest BCUT2D eigenvalue weighted by Crippen LogP contribution is 2.41. The van der Waals surface area contributed by atoms with Crippen LogP contribution in [0.25, 0.3) is 0 Å². The molecule has 2 aromatic rings. The second kappa shape index (κ2) is 8.52. The minimum atomic E-state index is -3.53. The maximum absolute atomic E-state index is 12.9. The molecule has 1 aromatic carbocycles. The van der Waals surface area contributed by atoms with E-state index in [-0.39, 0.29) is 6.04 Å². The van der Waals surface area contributed by atoms with Gasteiger partial charge >= 0.3 is 0 Å². The SMILES string of the molecule is O=S(=O)(NC1C2CCC1Cc1cc(CN3CCOCC3)ccc1C2)c1ccc(Cl)s1. The van der Waals surface area contributed by atoms with Crippen LogP contribution in [-0.2, 0) is 34.1 Å². The molecule has 3 atom stereocenters. The van der Waals surface area contributed by atoms with Crippen molar-refractivity contribution in [3.05, 3.63) is 51.4 Å². The first-order chi connectivity index (χ1) is 14.5. The Morgan fingerprint density at radius 2 is 1.80 bits per heavy atom. The highest BCUT2D eigenvalue weighted by atomic mass is 35.5. The monoisotopic (exact) mass is 466 g/mol. The van der Waals surface area contributed by atoms with Crippen LogP contribution in [0.3, 0.4) is 0 Å². The number of fused-ring (bicyclic) bond motifs is 3. The number of benzene rings is 1. The average Bonchev–Trinajstić information content (AvgIpc) is 3.27. The van der Waals surface area contributed by atoms with E-state index in [0.717, 1.165) is 69.9 Å². The van der Waals surface area contributed by atoms with Crippen molar-refractivity contribution in [2.45, 2.75) is 42.5 Å². The van der Waals surface area contributed by atoms with Gasteiger partial charge in [0.05, 0.1) is 17.6 Å². The number of thiophene rings is 1. The number of halogens is 1. The largest absolute Gasteiger partial charge is 0.379 e. The maximum atomic E-state index is 12.9. The summed E-state index contributed by atoms with van der Waals surface area (Å²) in [5.74, 6) is 0.701. The standard InChI is InChI=1S/C22H27ClN2O3S2/c23-20-5-6-21(29-20)30(26,27)24-22-17-3-4-18(22)13-19-11-15(1-2-16(19)12-17)14-25-7-9-28-10-8-25/h1-2,5-6,11,17-18,22,24H,3-4,7-10,12-14H2. The minimum Gasteiger partial charge on any atom is -0.379 e. The van der Waals surface area contributed by atoms with Gasteiger partial charge in [-0.25, -0.2) is 13.1 Å². The Morgan fingerprint density at radius 3 is 2.50 bits per heavy atom. The topological polar surface area (TPSA) is 58.6 Å². The molecule has 1 aliphatic heterocycles. The number of hydrogen-bond donors (Lipinski definition) is 1. The van der Waals surface area contributed by atoms with Gasteiger partial charge in [-0.2, -0.15) is 0 Å². The Kier molecular flexibility index (Phi) is 5.94. The Balaban J connectivity index is 1.33. The van der Waals surface area contributed by atoms with E-state index >= 15 is 0 Å². The third-order valence-corrected chi connectivity index (χ3v) is 9.96. The Bertz CT molecular complexity index is 1020. The lowest BCUT2D eigenvalue weighted by molar-refractivity contribution is 0.0342. The van der Waals surface area contributed by atoms with Gasteiger partial charge in [0, 0.05) is 25.7 Å². The van der Waals surface area contributed by atoms with Crippen LogP contribution in [0, 0.1) is 11.8 Å². The molecule has 2 aliphatic carbocycles. The molecule has 162 valence electrons. The molecule has 2 bridgehead atoms. The zero-order valence-electron chi connectivity index (χ0n) is 16.8. The van der Waals surface area contributed by atoms with Crippen LogP contribution in [-0.4, -0.2) is 45.7 Å². The molecule has 3 aliphatic rings. The van der Waals surface area contributed by atoms with Crippen molar-refractivity contribution in [2.24, 2.45) is 11.8 Å². The molecule has 0 amide bonds. The number of rotatable bonds is 5. The molecule has 2 heterocycles. The van der Waals surface area contributed by atoms with Gasteiger partial charge in [-0.1, -0.05) is 29.8 Å². The number of ether oxygens (including phenoxy) is 1. The molecule has 0 radical (unpaired) electrons. The molecule has 1 N–H and O–H groups in total. The summed E-state index contributed by atoms with van der Waals surface area (Å²) in [6, 6.07) is 10.1. The van der Waals surface area contributed by atoms with Crippen LogP contribution >= 0.6 is 22.9 Å². The molecule has 0 spiro atoms. The van der Waals surface area contributed by atoms with Gasteiger partial charge in [-0.05, 0) is 66.3 Å². The van der Waals surface area contributed by atoms with Crippen LogP contribution in [0.1, 0.15) is 29.5 Å². The summed E-state index contributed by atoms with van der Waals surface area (Å²) < 4.78 is 35.1. The number of nitrogens with one attached hydrogen (secondary N) is 1. The van der Waals surface area contributed by atoms with Crippen molar-refractivity contribution >= 4 is 33.0 Å². The van der Waals surface area contributed by atoms with Crippen molar-refractivity contribution in [3.8, 4) is 0 Å². The van der Waals surface area contributed by atoms with E-state index in [1.54, 1.807) is 12.1 Å². The van der Waals surface area contributed by atoms with E-state index in [1.807, 2.05) is 0 Å². The van der Waals surface area contributed by atoms with Gasteiger partial charge in [0.25, 0.3) is 0 Å². The van der Waals surface area contributed by atoms with Crippen molar-refractivity contribution in [3.63, 3.8) is 0 Å². The van der Waals surface area contributed by atoms with Gasteiger partial charge < -0.3 is 4.74 Å². The molecule has 30 heavy (non-hydrogen) atoms. The predicted molar refractivity (Wildman–Crippen MR) is 120 cm³/mol. The fourth-order valence-electron chi connectivity index (χ4n) is 5.25. The summed E-state index contributed by atoms with van der Waals surface area (Å²) in [6.45, 7) is 4.55. The molecule has 1 saturated carbocycles. The molecule has 1 saturated heterocycles. The minimum absolute atomic E-state index is 0.00836. The fourth-order valence-corrected chi connectivity index (χ4v) is 8.12. The van der Waals surface area contributed by atoms with Gasteiger partial charge in [-0.15, -0.1) is 11.3 Å². The first-order valence-electron chi connectivity index (χ1n) is 10.7. The zero-order valence-corrected chi connectivity index (χ0v) is 19.2. The number of sulfonamides is 1. The van der Waals surface area contributed by atoms with Crippen LogP contribution in [0.5, 0.6) is 0 Å². The first-order valence-corrected chi connectivity index (χ1v) is 13.3. The van der Waals surface area contributed by atoms with Gasteiger partial charge in [0.2, 0.25) is 10.0 Å². The first kappa shape index (κ1) is 20.9. The highest BCUT2D eigenvalue weighted by molar-refractivity contribution is 7.91. The molecule has 2 fully saturated rings. The second-order valence-corrected chi connectivity index (χ2v) is 12.4. The smallest absolute Gasteiger partial charge is 0.250 e. The Labute approximate surface area is 187 Å². The highest BCUT2D eigenvalue weighted by Gasteiger charge is 2.41. The molecule has 1 aromatic heterocycles. The Hall–Kier alpha value is -0.960. The van der Waals surface area contributed by atoms with Crippen molar-refractivity contribution in [1.29, 1.82) is 0 Å². The lowest BCUT2D eigenvalue weighted by Gasteiger charge is -2.27. The predicted octanol–water partition coefficient (Wildman–Crippen LogP) is 3.71. The van der Waals surface area contributed by atoms with Crippen LogP contribution in [0.15, 0.2) is 34.5 Å². The molecule has 5 rings (SSSR count). The van der Waals surface area contributed by atoms with Gasteiger partial charge in [0.15, 0.2) is 0 Å². The van der Waals surface area contributed by atoms with Crippen molar-refractivity contribution in [2.75, 3.05) is 26.3 Å². The van der Waals surface area contributed by atoms with Crippen LogP contribution in [0.2, 0.25) is 4.34 Å². The maximum Gasteiger partial charge on any atom is 0.250 e. The fraction of sp³-hybridized carbons (Fsp3) is 0.545. The summed E-state index contributed by atoms with van der Waals surface area (Å²) in [5, 5.41) is 0. The molecular weight excluding hydrogens is 440 g/mol. The van der Waals surface area contributed by atoms with E-state index < -0.39 is 10.0 Å². The zero-order chi connectivity index (χ0) is 20.7. The molecule has 5 nitrogen and oxygen atoms in total. The third-order valence-electron chi connectivity index (χ3n) is 6.77. The normalized spacial score (nSPS) is 27.0. The van der Waals surface area contributed by atoms with Crippen LogP contribution < -0.4 is 4.72 Å². The van der Waals surface area contributed by atoms with Crippen LogP contribution in [0.4, 0.5) is 0 Å². The quantitative estimate of drug-likeness (QED) is 0.729. The summed E-state index contributed by atoms with van der Waals surface area (Å²) in [6.07, 6.45) is 4.05. The molecule has 8 heteroatoms. The van der Waals surface area contributed by atoms with E-state index in [4.69, 9.17) is 16.3 Å². The lowest BCUT2D eigenvalue weighted by Crippen LogP contribution is -2.41. The van der Waals surface area contributed by atoms with Gasteiger partial charge in [0.1, 0.15) is 4.21 Å². The number of nitrogens with zero attached hydrogens (tertiary/aromatic N) is 1. The van der Waals surface area contributed by atoms with E-state index in [9.17, 15) is 8.42 Å². The summed E-state index contributed by atoms with van der Waals surface area (Å²) in [5.41, 5.74) is 4.13. The lowest BCUT2D eigenvalue weighted by atomic mass is 9.92. The van der Waals surface area contributed by atoms with E-state index in [1.165, 1.54) is 16.7 Å². The summed E-state index contributed by atoms with van der Waals surface area (Å²) in [4.78, 5) is 2.44. The third kappa shape index (κ3) is 4.33. The summed E-state index contributed by atoms with van der Waals surface area (Å²) in [7, 11) is -3.53. The average molecular weight is 467 g/mol. The van der Waals surface area contributed by atoms with Gasteiger partial charge in [-0.3, -0.25) is 4.90 Å². The van der Waals surface area contributed by atoms with Crippen molar-refractivity contribution < 1.29 is 13.2 Å². The Morgan fingerprint density at radius 1 is 1.07 bits per heavy atom. The second-order valence-electron chi connectivity index (χ2n) is 8.70. The molecule has 3 unspecified atom stereocenters. The van der Waals surface area contributed by atoms with Crippen molar-refractivity contribution in [1.82, 2.24) is 9.62 Å². The number of morpholine rings is 1.